The van der Waals surface area contributed by atoms with Crippen LogP contribution in [0.4, 0.5) is 5.69 Å². The minimum Gasteiger partial charge on any atom is -0.508 e. The fourth-order valence-corrected chi connectivity index (χ4v) is 2.03. The van der Waals surface area contributed by atoms with E-state index in [0.29, 0.717) is 6.54 Å². The van der Waals surface area contributed by atoms with E-state index in [1.54, 1.807) is 12.1 Å². The highest BCUT2D eigenvalue weighted by Crippen LogP contribution is 2.22. The molecular weight excluding hydrogens is 294 g/mol. The zero-order chi connectivity index (χ0) is 13.0. The van der Waals surface area contributed by atoms with E-state index in [0.717, 1.165) is 21.3 Å². The molecule has 0 spiro atoms. The van der Waals surface area contributed by atoms with Gasteiger partial charge in [-0.25, -0.2) is 0 Å². The van der Waals surface area contributed by atoms with Crippen LogP contribution in [0, 0.1) is 0 Å². The van der Waals surface area contributed by atoms with Gasteiger partial charge in [0.2, 0.25) is 0 Å². The molecule has 3 N–H and O–H groups in total. The summed E-state index contributed by atoms with van der Waals surface area (Å²) in [5.41, 5.74) is 2.66. The van der Waals surface area contributed by atoms with Crippen LogP contribution < -0.4 is 5.32 Å². The van der Waals surface area contributed by atoms with Crippen LogP contribution in [0.25, 0.3) is 0 Å². The van der Waals surface area contributed by atoms with Crippen molar-refractivity contribution in [3.05, 3.63) is 58.1 Å². The Labute approximate surface area is 114 Å². The largest absolute Gasteiger partial charge is 0.508 e. The Hall–Kier alpha value is -1.52. The Morgan fingerprint density at radius 2 is 1.78 bits per heavy atom. The number of hydrogen-bond donors (Lipinski definition) is 3. The maximum Gasteiger partial charge on any atom is 0.120 e. The first-order valence-corrected chi connectivity index (χ1v) is 6.39. The summed E-state index contributed by atoms with van der Waals surface area (Å²) in [7, 11) is 0. The summed E-state index contributed by atoms with van der Waals surface area (Å²) in [5, 5.41) is 21.9. The number of rotatable bonds is 4. The maximum absolute atomic E-state index is 9.70. The minimum absolute atomic E-state index is 0.0483. The smallest absolute Gasteiger partial charge is 0.120 e. The molecule has 0 aliphatic heterocycles. The summed E-state index contributed by atoms with van der Waals surface area (Å²) in [6.45, 7) is 0.594. The van der Waals surface area contributed by atoms with Gasteiger partial charge in [0.05, 0.1) is 6.61 Å². The second-order valence-electron chi connectivity index (χ2n) is 3.98. The van der Waals surface area contributed by atoms with Crippen LogP contribution in [0.3, 0.4) is 0 Å². The van der Waals surface area contributed by atoms with Gasteiger partial charge >= 0.3 is 0 Å². The summed E-state index contributed by atoms with van der Waals surface area (Å²) >= 11 is 3.37. The number of aliphatic hydroxyl groups is 1. The Morgan fingerprint density at radius 1 is 1.06 bits per heavy atom. The van der Waals surface area contributed by atoms with Crippen molar-refractivity contribution in [1.82, 2.24) is 0 Å². The van der Waals surface area contributed by atoms with Crippen LogP contribution in [0.1, 0.15) is 11.1 Å². The molecule has 2 rings (SSSR count). The second-order valence-corrected chi connectivity index (χ2v) is 4.90. The molecule has 0 aliphatic rings. The maximum atomic E-state index is 9.70. The van der Waals surface area contributed by atoms with Crippen molar-refractivity contribution in [1.29, 1.82) is 0 Å². The Bertz CT molecular complexity index is 526. The van der Waals surface area contributed by atoms with Crippen molar-refractivity contribution in [2.24, 2.45) is 0 Å². The quantitative estimate of drug-likeness (QED) is 0.812. The fraction of sp³-hybridized carbons (Fsp3) is 0.143. The topological polar surface area (TPSA) is 52.5 Å². The van der Waals surface area contributed by atoms with Gasteiger partial charge in [-0.3, -0.25) is 0 Å². The van der Waals surface area contributed by atoms with Crippen molar-refractivity contribution in [3.8, 4) is 5.75 Å². The minimum atomic E-state index is 0.0483. The van der Waals surface area contributed by atoms with Crippen molar-refractivity contribution in [3.63, 3.8) is 0 Å². The standard InChI is InChI=1S/C14H14BrNO2/c15-12-3-6-14(18)11(7-12)8-16-13-4-1-10(9-17)2-5-13/h1-7,16-18H,8-9H2. The third kappa shape index (κ3) is 3.24. The highest BCUT2D eigenvalue weighted by Gasteiger charge is 2.01. The van der Waals surface area contributed by atoms with E-state index >= 15 is 0 Å². The zero-order valence-corrected chi connectivity index (χ0v) is 11.3. The summed E-state index contributed by atoms with van der Waals surface area (Å²) in [4.78, 5) is 0. The average molecular weight is 308 g/mol. The molecule has 0 heterocycles. The van der Waals surface area contributed by atoms with Crippen LogP contribution >= 0.6 is 15.9 Å². The van der Waals surface area contributed by atoms with E-state index in [2.05, 4.69) is 21.2 Å². The number of aliphatic hydroxyl groups excluding tert-OH is 1. The molecule has 2 aromatic rings. The van der Waals surface area contributed by atoms with Crippen LogP contribution in [0.5, 0.6) is 5.75 Å². The van der Waals surface area contributed by atoms with Gasteiger partial charge in [-0.05, 0) is 35.9 Å². The molecule has 0 atom stereocenters. The molecule has 94 valence electrons. The van der Waals surface area contributed by atoms with Gasteiger partial charge in [0, 0.05) is 22.3 Å². The van der Waals surface area contributed by atoms with Gasteiger partial charge in [0.15, 0.2) is 0 Å². The molecule has 0 bridgehead atoms. The Morgan fingerprint density at radius 3 is 2.44 bits per heavy atom. The van der Waals surface area contributed by atoms with E-state index in [1.807, 2.05) is 30.3 Å². The lowest BCUT2D eigenvalue weighted by atomic mass is 10.2. The fourth-order valence-electron chi connectivity index (χ4n) is 1.62. The molecule has 4 heteroatoms. The third-order valence-corrected chi connectivity index (χ3v) is 3.15. The predicted molar refractivity (Wildman–Crippen MR) is 75.5 cm³/mol. The summed E-state index contributed by atoms with van der Waals surface area (Å²) in [6, 6.07) is 12.9. The molecule has 0 saturated carbocycles. The van der Waals surface area contributed by atoms with E-state index in [-0.39, 0.29) is 12.4 Å². The molecule has 0 aliphatic carbocycles. The van der Waals surface area contributed by atoms with Crippen molar-refractivity contribution < 1.29 is 10.2 Å². The van der Waals surface area contributed by atoms with Crippen molar-refractivity contribution >= 4 is 21.6 Å². The molecule has 0 unspecified atom stereocenters. The zero-order valence-electron chi connectivity index (χ0n) is 9.73. The number of halogens is 1. The van der Waals surface area contributed by atoms with Crippen molar-refractivity contribution in [2.75, 3.05) is 5.32 Å². The van der Waals surface area contributed by atoms with Crippen LogP contribution in [0.2, 0.25) is 0 Å². The molecule has 0 fully saturated rings. The highest BCUT2D eigenvalue weighted by atomic mass is 79.9. The molecule has 0 saturated heterocycles. The average Bonchev–Trinajstić information content (AvgIpc) is 2.40. The molecule has 3 nitrogen and oxygen atoms in total. The van der Waals surface area contributed by atoms with Crippen LogP contribution in [-0.4, -0.2) is 10.2 Å². The van der Waals surface area contributed by atoms with E-state index < -0.39 is 0 Å². The lowest BCUT2D eigenvalue weighted by Crippen LogP contribution is -1.99. The molecular formula is C14H14BrNO2. The van der Waals surface area contributed by atoms with Gasteiger partial charge in [-0.1, -0.05) is 28.1 Å². The van der Waals surface area contributed by atoms with Gasteiger partial charge in [-0.2, -0.15) is 0 Å². The van der Waals surface area contributed by atoms with Gasteiger partial charge in [-0.15, -0.1) is 0 Å². The van der Waals surface area contributed by atoms with Crippen LogP contribution in [0.15, 0.2) is 46.9 Å². The van der Waals surface area contributed by atoms with E-state index in [1.165, 1.54) is 0 Å². The Balaban J connectivity index is 2.04. The molecule has 0 amide bonds. The third-order valence-electron chi connectivity index (χ3n) is 2.66. The predicted octanol–water partition coefficient (Wildman–Crippen LogP) is 3.26. The summed E-state index contributed by atoms with van der Waals surface area (Å²) < 4.78 is 0.938. The summed E-state index contributed by atoms with van der Waals surface area (Å²) in [5.74, 6) is 0.276. The van der Waals surface area contributed by atoms with Crippen molar-refractivity contribution in [2.45, 2.75) is 13.2 Å². The summed E-state index contributed by atoms with van der Waals surface area (Å²) in [6.07, 6.45) is 0. The molecule has 18 heavy (non-hydrogen) atoms. The van der Waals surface area contributed by atoms with Gasteiger partial charge in [0.1, 0.15) is 5.75 Å². The van der Waals surface area contributed by atoms with E-state index in [4.69, 9.17) is 5.11 Å². The SMILES string of the molecule is OCc1ccc(NCc2cc(Br)ccc2O)cc1. The van der Waals surface area contributed by atoms with Gasteiger partial charge in [0.25, 0.3) is 0 Å². The first kappa shape index (κ1) is 12.9. The number of phenols is 1. The van der Waals surface area contributed by atoms with Crippen LogP contribution in [-0.2, 0) is 13.2 Å². The highest BCUT2D eigenvalue weighted by molar-refractivity contribution is 9.10. The monoisotopic (exact) mass is 307 g/mol. The first-order valence-electron chi connectivity index (χ1n) is 5.60. The Kier molecular flexibility index (Phi) is 4.23. The first-order chi connectivity index (χ1) is 8.69. The number of nitrogens with one attached hydrogen (secondary N) is 1. The lowest BCUT2D eigenvalue weighted by Gasteiger charge is -2.09. The number of benzene rings is 2. The normalized spacial score (nSPS) is 10.3. The molecule has 2 aromatic carbocycles. The number of phenolic OH excluding ortho intramolecular Hbond substituents is 1. The number of aromatic hydroxyl groups is 1. The lowest BCUT2D eigenvalue weighted by molar-refractivity contribution is 0.282. The molecule has 0 radical (unpaired) electrons. The second kappa shape index (κ2) is 5.89. The number of anilines is 1. The molecule has 0 aromatic heterocycles. The number of hydrogen-bond acceptors (Lipinski definition) is 3. The van der Waals surface area contributed by atoms with E-state index in [9.17, 15) is 5.11 Å². The van der Waals surface area contributed by atoms with Gasteiger partial charge < -0.3 is 15.5 Å².